The fourth-order valence-corrected chi connectivity index (χ4v) is 4.70. The third-order valence-corrected chi connectivity index (χ3v) is 6.46. The Hall–Kier alpha value is -4.35. The van der Waals surface area contributed by atoms with E-state index in [2.05, 4.69) is 15.1 Å². The van der Waals surface area contributed by atoms with Crippen LogP contribution >= 0.6 is 0 Å². The van der Waals surface area contributed by atoms with Crippen molar-refractivity contribution in [2.75, 3.05) is 13.1 Å². The largest absolute Gasteiger partial charge is 0.483 e. The Morgan fingerprint density at radius 1 is 1.07 bits per heavy atom. The number of aryl methyl sites for hydroxylation is 1. The van der Waals surface area contributed by atoms with Gasteiger partial charge in [0, 0.05) is 48.8 Å². The molecule has 2 atom stereocenters. The highest BCUT2D eigenvalue weighted by molar-refractivity contribution is 5.97. The van der Waals surface area contributed by atoms with E-state index in [9.17, 15) is 13.6 Å². The summed E-state index contributed by atoms with van der Waals surface area (Å²) < 4.78 is 59.7. The highest BCUT2D eigenvalue weighted by atomic mass is 19.3. The van der Waals surface area contributed by atoms with Crippen molar-refractivity contribution in [3.63, 3.8) is 0 Å². The van der Waals surface area contributed by atoms with E-state index < -0.39 is 30.6 Å². The maximum atomic E-state index is 15.3. The van der Waals surface area contributed by atoms with Gasteiger partial charge in [0.15, 0.2) is 17.7 Å². The van der Waals surface area contributed by atoms with Crippen LogP contribution in [-0.2, 0) is 11.8 Å². The molecule has 5 rings (SSSR count). The lowest BCUT2D eigenvalue weighted by Crippen LogP contribution is -2.50. The summed E-state index contributed by atoms with van der Waals surface area (Å²) >= 11 is 0. The second kappa shape index (κ2) is 11.3. The van der Waals surface area contributed by atoms with Crippen LogP contribution in [0.15, 0.2) is 55.0 Å². The number of fused-ring (bicyclic) bond motifs is 1. The molecule has 2 aromatic heterocycles. The second-order valence-electron chi connectivity index (χ2n) is 10.7. The van der Waals surface area contributed by atoms with Crippen molar-refractivity contribution >= 4 is 17.0 Å². The molecule has 41 heavy (non-hydrogen) atoms. The summed E-state index contributed by atoms with van der Waals surface area (Å²) in [4.78, 5) is 22.4. The first-order valence-corrected chi connectivity index (χ1v) is 13.1. The molecule has 9 nitrogen and oxygen atoms in total. The van der Waals surface area contributed by atoms with E-state index in [1.807, 2.05) is 30.3 Å². The van der Waals surface area contributed by atoms with E-state index in [4.69, 9.17) is 14.2 Å². The van der Waals surface area contributed by atoms with Crippen molar-refractivity contribution in [3.8, 4) is 34.0 Å². The van der Waals surface area contributed by atoms with Gasteiger partial charge in [-0.05, 0) is 26.8 Å². The third-order valence-electron chi connectivity index (χ3n) is 6.46. The number of alkyl halides is 3. The van der Waals surface area contributed by atoms with Gasteiger partial charge in [0.25, 0.3) is 0 Å². The van der Waals surface area contributed by atoms with Crippen LogP contribution in [-0.4, -0.2) is 68.3 Å². The number of likely N-dealkylation sites (tertiary alicyclic amines) is 1. The molecule has 0 aliphatic carbocycles. The van der Waals surface area contributed by atoms with Gasteiger partial charge in [-0.2, -0.15) is 13.9 Å². The zero-order valence-electron chi connectivity index (χ0n) is 23.1. The van der Waals surface area contributed by atoms with Gasteiger partial charge in [-0.3, -0.25) is 4.68 Å². The van der Waals surface area contributed by atoms with Gasteiger partial charge < -0.3 is 19.1 Å². The average molecular weight is 570 g/mol. The lowest BCUT2D eigenvalue weighted by molar-refractivity contribution is -0.0541. The Kier molecular flexibility index (Phi) is 7.74. The van der Waals surface area contributed by atoms with Gasteiger partial charge in [-0.1, -0.05) is 30.3 Å². The second-order valence-corrected chi connectivity index (χ2v) is 10.7. The molecular formula is C29H30F3N5O4. The number of halogens is 3. The first-order valence-electron chi connectivity index (χ1n) is 13.1. The van der Waals surface area contributed by atoms with E-state index in [0.29, 0.717) is 27.9 Å². The number of amides is 1. The fourth-order valence-electron chi connectivity index (χ4n) is 4.70. The molecule has 0 N–H and O–H groups in total. The van der Waals surface area contributed by atoms with Gasteiger partial charge in [-0.25, -0.2) is 19.2 Å². The SMILES string of the molecule is Cn1cc(-c2ncnc3cc(OC(F)F)c(O[C@@H]4CCN(C(=O)OC(C)(C)C)C[C@H]4F)cc23)c(-c2ccccc2)n1. The van der Waals surface area contributed by atoms with Crippen LogP contribution < -0.4 is 9.47 Å². The summed E-state index contributed by atoms with van der Waals surface area (Å²) in [6.07, 6.45) is 0.0108. The zero-order valence-corrected chi connectivity index (χ0v) is 23.1. The smallest absolute Gasteiger partial charge is 0.410 e. The molecule has 0 unspecified atom stereocenters. The van der Waals surface area contributed by atoms with Crippen molar-refractivity contribution < 1.29 is 32.2 Å². The van der Waals surface area contributed by atoms with Gasteiger partial charge >= 0.3 is 12.7 Å². The van der Waals surface area contributed by atoms with Gasteiger partial charge in [0.1, 0.15) is 23.7 Å². The maximum absolute atomic E-state index is 15.3. The number of nitrogens with zero attached hydrogens (tertiary/aromatic N) is 5. The van der Waals surface area contributed by atoms with Crippen LogP contribution in [0.5, 0.6) is 11.5 Å². The number of ether oxygens (including phenoxy) is 3. The van der Waals surface area contributed by atoms with Crippen molar-refractivity contribution in [3.05, 3.63) is 55.0 Å². The molecule has 1 fully saturated rings. The molecule has 12 heteroatoms. The molecule has 4 aromatic rings. The molecule has 216 valence electrons. The van der Waals surface area contributed by atoms with Gasteiger partial charge in [-0.15, -0.1) is 0 Å². The number of hydrogen-bond donors (Lipinski definition) is 0. The Labute approximate surface area is 234 Å². The van der Waals surface area contributed by atoms with E-state index in [1.165, 1.54) is 23.4 Å². The topological polar surface area (TPSA) is 91.6 Å². The number of aromatic nitrogens is 4. The van der Waals surface area contributed by atoms with Crippen LogP contribution in [0, 0.1) is 0 Å². The number of benzene rings is 2. The molecule has 1 saturated heterocycles. The zero-order chi connectivity index (χ0) is 29.3. The van der Waals surface area contributed by atoms with Crippen molar-refractivity contribution in [2.45, 2.75) is 51.7 Å². The van der Waals surface area contributed by atoms with Crippen LogP contribution in [0.1, 0.15) is 27.2 Å². The van der Waals surface area contributed by atoms with E-state index >= 15 is 4.39 Å². The molecule has 3 heterocycles. The van der Waals surface area contributed by atoms with E-state index in [0.717, 1.165) is 5.56 Å². The Morgan fingerprint density at radius 3 is 2.51 bits per heavy atom. The molecule has 1 aliphatic heterocycles. The fraction of sp³-hybridized carbons (Fsp3) is 0.379. The summed E-state index contributed by atoms with van der Waals surface area (Å²) in [5.41, 5.74) is 2.32. The molecule has 2 aromatic carbocycles. The highest BCUT2D eigenvalue weighted by Gasteiger charge is 2.35. The molecule has 1 amide bonds. The first kappa shape index (κ1) is 28.2. The van der Waals surface area contributed by atoms with Crippen molar-refractivity contribution in [1.29, 1.82) is 0 Å². The third kappa shape index (κ3) is 6.36. The molecule has 0 saturated carbocycles. The quantitative estimate of drug-likeness (QED) is 0.280. The molecule has 0 spiro atoms. The molecule has 1 aliphatic rings. The van der Waals surface area contributed by atoms with Gasteiger partial charge in [0.05, 0.1) is 17.8 Å². The summed E-state index contributed by atoms with van der Waals surface area (Å²) in [7, 11) is 1.79. The lowest BCUT2D eigenvalue weighted by Gasteiger charge is -2.35. The van der Waals surface area contributed by atoms with Gasteiger partial charge in [0.2, 0.25) is 0 Å². The summed E-state index contributed by atoms with van der Waals surface area (Å²) in [6, 6.07) is 12.3. The van der Waals surface area contributed by atoms with Crippen LogP contribution in [0.2, 0.25) is 0 Å². The van der Waals surface area contributed by atoms with Crippen molar-refractivity contribution in [1.82, 2.24) is 24.6 Å². The summed E-state index contributed by atoms with van der Waals surface area (Å²) in [5.74, 6) is -0.370. The monoisotopic (exact) mass is 569 g/mol. The maximum Gasteiger partial charge on any atom is 0.410 e. The number of piperidine rings is 1. The predicted molar refractivity (Wildman–Crippen MR) is 146 cm³/mol. The Bertz CT molecular complexity index is 1540. The summed E-state index contributed by atoms with van der Waals surface area (Å²) in [6.45, 7) is 1.94. The first-order chi connectivity index (χ1) is 19.5. The standard InChI is InChI=1S/C29H30F3N5O4/c1-29(2,3)41-28(38)37-11-10-22(20(30)15-37)39-23-12-18-21(13-24(23)40-27(31)32)33-16-34-26(18)19-14-36(4)35-25(19)17-8-6-5-7-9-17/h5-9,12-14,16,20,22,27H,10-11,15H2,1-4H3/t20-,22-/m1/s1. The van der Waals surface area contributed by atoms with Crippen LogP contribution in [0.4, 0.5) is 18.0 Å². The number of hydrogen-bond acceptors (Lipinski definition) is 7. The van der Waals surface area contributed by atoms with Crippen LogP contribution in [0.3, 0.4) is 0 Å². The normalized spacial score (nSPS) is 17.6. The van der Waals surface area contributed by atoms with E-state index in [1.54, 1.807) is 38.7 Å². The van der Waals surface area contributed by atoms with Crippen molar-refractivity contribution in [2.24, 2.45) is 7.05 Å². The minimum Gasteiger partial charge on any atom is -0.483 e. The van der Waals surface area contributed by atoms with Crippen LogP contribution in [0.25, 0.3) is 33.4 Å². The molecule has 0 radical (unpaired) electrons. The van der Waals surface area contributed by atoms with E-state index in [-0.39, 0.29) is 31.0 Å². The lowest BCUT2D eigenvalue weighted by atomic mass is 10.0. The summed E-state index contributed by atoms with van der Waals surface area (Å²) in [5, 5.41) is 5.08. The predicted octanol–water partition coefficient (Wildman–Crippen LogP) is 6.03. The highest BCUT2D eigenvalue weighted by Crippen LogP contribution is 2.40. The number of carbonyl (C=O) groups excluding carboxylic acids is 1. The molecular weight excluding hydrogens is 539 g/mol. The number of carbonyl (C=O) groups is 1. The number of rotatable bonds is 6. The molecule has 0 bridgehead atoms. The minimum absolute atomic E-state index is 0.0858. The minimum atomic E-state index is -3.14. The Balaban J connectivity index is 1.50. The Morgan fingerprint density at radius 2 is 1.83 bits per heavy atom. The average Bonchev–Trinajstić information content (AvgIpc) is 3.30.